The summed E-state index contributed by atoms with van der Waals surface area (Å²) in [6.07, 6.45) is 2.50. The molecule has 160 valence electrons. The first-order valence-corrected chi connectivity index (χ1v) is 10.8. The second-order valence-electron chi connectivity index (χ2n) is 7.72. The molecule has 1 fully saturated rings. The molecule has 4 rings (SSSR count). The number of ether oxygens (including phenoxy) is 2. The molecular formula is C26H28N2O3. The predicted molar refractivity (Wildman–Crippen MR) is 122 cm³/mol. The monoisotopic (exact) mass is 416 g/mol. The molecule has 0 spiro atoms. The Morgan fingerprint density at radius 3 is 2.19 bits per heavy atom. The van der Waals surface area contributed by atoms with Crippen molar-refractivity contribution in [3.8, 4) is 11.5 Å². The van der Waals surface area contributed by atoms with Crippen molar-refractivity contribution in [1.29, 1.82) is 0 Å². The Balaban J connectivity index is 1.25. The highest BCUT2D eigenvalue weighted by Gasteiger charge is 2.14. The average molecular weight is 417 g/mol. The maximum atomic E-state index is 12.4. The fourth-order valence-electron chi connectivity index (χ4n) is 3.67. The zero-order valence-electron chi connectivity index (χ0n) is 17.6. The second kappa shape index (κ2) is 10.6. The molecule has 1 heterocycles. The van der Waals surface area contributed by atoms with E-state index >= 15 is 0 Å². The van der Waals surface area contributed by atoms with Crippen molar-refractivity contribution in [3.63, 3.8) is 0 Å². The summed E-state index contributed by atoms with van der Waals surface area (Å²) in [5.41, 5.74) is 3.11. The fourth-order valence-corrected chi connectivity index (χ4v) is 3.67. The Bertz CT molecular complexity index is 967. The van der Waals surface area contributed by atoms with Gasteiger partial charge in [-0.3, -0.25) is 9.69 Å². The molecule has 0 bridgehead atoms. The predicted octanol–water partition coefficient (Wildman–Crippen LogP) is 4.88. The summed E-state index contributed by atoms with van der Waals surface area (Å²) in [6, 6.07) is 25.3. The lowest BCUT2D eigenvalue weighted by molar-refractivity contribution is -0.118. The lowest BCUT2D eigenvalue weighted by Crippen LogP contribution is -2.23. The molecular weight excluding hydrogens is 388 g/mol. The van der Waals surface area contributed by atoms with Crippen LogP contribution in [0.25, 0.3) is 0 Å². The highest BCUT2D eigenvalue weighted by molar-refractivity contribution is 5.92. The van der Waals surface area contributed by atoms with Crippen LogP contribution in [0.4, 0.5) is 5.69 Å². The van der Waals surface area contributed by atoms with Gasteiger partial charge in [-0.15, -0.1) is 0 Å². The Hall–Kier alpha value is -3.31. The van der Waals surface area contributed by atoms with Crippen LogP contribution in [0.5, 0.6) is 11.5 Å². The zero-order chi connectivity index (χ0) is 21.3. The Morgan fingerprint density at radius 2 is 1.45 bits per heavy atom. The summed E-state index contributed by atoms with van der Waals surface area (Å²) < 4.78 is 11.4. The van der Waals surface area contributed by atoms with Gasteiger partial charge >= 0.3 is 0 Å². The van der Waals surface area contributed by atoms with E-state index in [4.69, 9.17) is 9.47 Å². The molecule has 3 aromatic carbocycles. The summed E-state index contributed by atoms with van der Waals surface area (Å²) in [6.45, 7) is 3.58. The number of anilines is 1. The van der Waals surface area contributed by atoms with Crippen molar-refractivity contribution in [2.45, 2.75) is 26.0 Å². The summed E-state index contributed by atoms with van der Waals surface area (Å²) in [7, 11) is 0. The standard InChI is InChI=1S/C26H28N2O3/c29-26(27-25-11-5-4-10-22(25)18-28-16-6-7-17-28)20-31-24-14-12-23(13-15-24)30-19-21-8-2-1-3-9-21/h1-5,8-15H,6-7,16-20H2,(H,27,29). The van der Waals surface area contributed by atoms with Crippen LogP contribution >= 0.6 is 0 Å². The highest BCUT2D eigenvalue weighted by atomic mass is 16.5. The van der Waals surface area contributed by atoms with Gasteiger partial charge in [-0.2, -0.15) is 0 Å². The molecule has 1 aliphatic heterocycles. The van der Waals surface area contributed by atoms with Gasteiger partial charge in [-0.05, 0) is 67.4 Å². The van der Waals surface area contributed by atoms with Crippen LogP contribution in [0.3, 0.4) is 0 Å². The summed E-state index contributed by atoms with van der Waals surface area (Å²) >= 11 is 0. The smallest absolute Gasteiger partial charge is 0.262 e. The molecule has 1 saturated heterocycles. The van der Waals surface area contributed by atoms with Gasteiger partial charge in [-0.1, -0.05) is 48.5 Å². The number of para-hydroxylation sites is 1. The van der Waals surface area contributed by atoms with Crippen LogP contribution in [0, 0.1) is 0 Å². The molecule has 0 atom stereocenters. The number of nitrogens with zero attached hydrogens (tertiary/aromatic N) is 1. The number of likely N-dealkylation sites (tertiary alicyclic amines) is 1. The molecule has 5 heteroatoms. The third-order valence-electron chi connectivity index (χ3n) is 5.33. The number of hydrogen-bond donors (Lipinski definition) is 1. The van der Waals surface area contributed by atoms with E-state index in [9.17, 15) is 4.79 Å². The summed E-state index contributed by atoms with van der Waals surface area (Å²) in [5.74, 6) is 1.22. The number of hydrogen-bond acceptors (Lipinski definition) is 4. The van der Waals surface area contributed by atoms with Crippen LogP contribution < -0.4 is 14.8 Å². The minimum Gasteiger partial charge on any atom is -0.489 e. The van der Waals surface area contributed by atoms with E-state index < -0.39 is 0 Å². The van der Waals surface area contributed by atoms with E-state index in [1.54, 1.807) is 0 Å². The van der Waals surface area contributed by atoms with Gasteiger partial charge in [0.25, 0.3) is 5.91 Å². The van der Waals surface area contributed by atoms with Crippen molar-refractivity contribution in [2.75, 3.05) is 25.0 Å². The molecule has 5 nitrogen and oxygen atoms in total. The van der Waals surface area contributed by atoms with E-state index in [1.807, 2.05) is 72.8 Å². The summed E-state index contributed by atoms with van der Waals surface area (Å²) in [5, 5.41) is 2.99. The molecule has 0 unspecified atom stereocenters. The van der Waals surface area contributed by atoms with Gasteiger partial charge in [0.1, 0.15) is 18.1 Å². The largest absolute Gasteiger partial charge is 0.489 e. The average Bonchev–Trinajstić information content (AvgIpc) is 3.32. The Morgan fingerprint density at radius 1 is 0.806 bits per heavy atom. The van der Waals surface area contributed by atoms with Gasteiger partial charge in [0.2, 0.25) is 0 Å². The summed E-state index contributed by atoms with van der Waals surface area (Å²) in [4.78, 5) is 14.8. The Kier molecular flexibility index (Phi) is 7.19. The number of rotatable bonds is 9. The molecule has 1 aliphatic rings. The van der Waals surface area contributed by atoms with Crippen LogP contribution in [0.15, 0.2) is 78.9 Å². The molecule has 0 aromatic heterocycles. The van der Waals surface area contributed by atoms with Crippen LogP contribution in [-0.4, -0.2) is 30.5 Å². The SMILES string of the molecule is O=C(COc1ccc(OCc2ccccc2)cc1)Nc1ccccc1CN1CCCC1. The van der Waals surface area contributed by atoms with Crippen molar-refractivity contribution in [3.05, 3.63) is 90.0 Å². The minimum absolute atomic E-state index is 0.0394. The molecule has 0 radical (unpaired) electrons. The van der Waals surface area contributed by atoms with Gasteiger partial charge in [0, 0.05) is 12.2 Å². The molecule has 0 saturated carbocycles. The molecule has 31 heavy (non-hydrogen) atoms. The number of amides is 1. The normalized spacial score (nSPS) is 13.7. The van der Waals surface area contributed by atoms with Crippen molar-refractivity contribution in [2.24, 2.45) is 0 Å². The van der Waals surface area contributed by atoms with E-state index in [-0.39, 0.29) is 12.5 Å². The van der Waals surface area contributed by atoms with Crippen LogP contribution in [0.2, 0.25) is 0 Å². The number of nitrogens with one attached hydrogen (secondary N) is 1. The molecule has 1 N–H and O–H groups in total. The number of carbonyl (C=O) groups is 1. The fraction of sp³-hybridized carbons (Fsp3) is 0.269. The van der Waals surface area contributed by atoms with E-state index in [1.165, 1.54) is 12.8 Å². The molecule has 3 aromatic rings. The quantitative estimate of drug-likeness (QED) is 0.540. The van der Waals surface area contributed by atoms with E-state index in [2.05, 4.69) is 16.3 Å². The first kappa shape index (κ1) is 20.9. The van der Waals surface area contributed by atoms with E-state index in [0.29, 0.717) is 12.4 Å². The van der Waals surface area contributed by atoms with Gasteiger partial charge in [0.15, 0.2) is 6.61 Å². The van der Waals surface area contributed by atoms with Gasteiger partial charge in [0.05, 0.1) is 0 Å². The van der Waals surface area contributed by atoms with Crippen LogP contribution in [0.1, 0.15) is 24.0 Å². The number of benzene rings is 3. The first-order chi connectivity index (χ1) is 15.3. The van der Waals surface area contributed by atoms with Crippen molar-refractivity contribution < 1.29 is 14.3 Å². The maximum absolute atomic E-state index is 12.4. The van der Waals surface area contributed by atoms with E-state index in [0.717, 1.165) is 42.2 Å². The molecule has 0 aliphatic carbocycles. The topological polar surface area (TPSA) is 50.8 Å². The third kappa shape index (κ3) is 6.33. The van der Waals surface area contributed by atoms with Crippen molar-refractivity contribution in [1.82, 2.24) is 4.90 Å². The minimum atomic E-state index is -0.168. The van der Waals surface area contributed by atoms with Crippen molar-refractivity contribution >= 4 is 11.6 Å². The van der Waals surface area contributed by atoms with Crippen LogP contribution in [-0.2, 0) is 17.9 Å². The lowest BCUT2D eigenvalue weighted by Gasteiger charge is -2.18. The maximum Gasteiger partial charge on any atom is 0.262 e. The second-order valence-corrected chi connectivity index (χ2v) is 7.72. The lowest BCUT2D eigenvalue weighted by atomic mass is 10.1. The third-order valence-corrected chi connectivity index (χ3v) is 5.33. The number of carbonyl (C=O) groups excluding carboxylic acids is 1. The highest BCUT2D eigenvalue weighted by Crippen LogP contribution is 2.21. The first-order valence-electron chi connectivity index (χ1n) is 10.8. The zero-order valence-corrected chi connectivity index (χ0v) is 17.6. The van der Waals surface area contributed by atoms with Gasteiger partial charge < -0.3 is 14.8 Å². The Labute approximate surface area is 183 Å². The molecule has 1 amide bonds. The van der Waals surface area contributed by atoms with Gasteiger partial charge in [-0.25, -0.2) is 0 Å².